The van der Waals surface area contributed by atoms with Gasteiger partial charge in [0.2, 0.25) is 17.8 Å². The van der Waals surface area contributed by atoms with E-state index >= 15 is 0 Å². The van der Waals surface area contributed by atoms with Gasteiger partial charge in [-0.05, 0) is 88.6 Å². The lowest BCUT2D eigenvalue weighted by atomic mass is 10.0. The maximum absolute atomic E-state index is 13.6. The quantitative estimate of drug-likeness (QED) is 0.279. The van der Waals surface area contributed by atoms with E-state index in [1.165, 1.54) is 12.8 Å². The Bertz CT molecular complexity index is 1490. The number of anilines is 2. The molecule has 0 unspecified atom stereocenters. The Morgan fingerprint density at radius 2 is 1.78 bits per heavy atom. The van der Waals surface area contributed by atoms with Crippen LogP contribution in [-0.4, -0.2) is 96.3 Å². The van der Waals surface area contributed by atoms with E-state index in [1.807, 2.05) is 59.0 Å². The number of nitrogens with one attached hydrogen (secondary N) is 1. The molecule has 242 valence electrons. The van der Waals surface area contributed by atoms with Gasteiger partial charge in [0.1, 0.15) is 0 Å². The van der Waals surface area contributed by atoms with Crippen LogP contribution >= 0.6 is 0 Å². The minimum Gasteiger partial charge on any atom is -0.343 e. The lowest BCUT2D eigenvalue weighted by Crippen LogP contribution is -2.28. The molecule has 1 saturated carbocycles. The van der Waals surface area contributed by atoms with Crippen molar-refractivity contribution in [3.05, 3.63) is 53.6 Å². The fourth-order valence-electron chi connectivity index (χ4n) is 6.50. The van der Waals surface area contributed by atoms with Crippen LogP contribution in [0.1, 0.15) is 67.3 Å². The molecule has 1 aliphatic heterocycles. The summed E-state index contributed by atoms with van der Waals surface area (Å²) in [6.07, 6.45) is 7.54. The van der Waals surface area contributed by atoms with Gasteiger partial charge in [-0.3, -0.25) is 19.7 Å². The predicted octanol–water partition coefficient (Wildman–Crippen LogP) is 4.84. The monoisotopic (exact) mass is 615 g/mol. The summed E-state index contributed by atoms with van der Waals surface area (Å²) in [4.78, 5) is 51.7. The number of hydrogen-bond donors (Lipinski definition) is 1. The van der Waals surface area contributed by atoms with E-state index in [4.69, 9.17) is 4.98 Å². The number of rotatable bonds is 14. The number of carbonyl (C=O) groups excluding carboxylic acids is 3. The number of nitrogens with zero attached hydrogens (tertiary/aromatic N) is 6. The molecule has 1 aliphatic carbocycles. The molecule has 1 N–H and O–H groups in total. The summed E-state index contributed by atoms with van der Waals surface area (Å²) in [5.41, 5.74) is 4.05. The molecule has 10 heteroatoms. The molecule has 0 atom stereocenters. The van der Waals surface area contributed by atoms with Crippen LogP contribution in [0.5, 0.6) is 0 Å². The Labute approximate surface area is 267 Å². The van der Waals surface area contributed by atoms with Crippen LogP contribution in [-0.2, 0) is 22.7 Å². The van der Waals surface area contributed by atoms with Gasteiger partial charge in [0, 0.05) is 70.4 Å². The Hall–Kier alpha value is -3.76. The van der Waals surface area contributed by atoms with Crippen LogP contribution in [0.25, 0.3) is 11.0 Å². The number of hydrogen-bond acceptors (Lipinski definition) is 6. The van der Waals surface area contributed by atoms with Gasteiger partial charge < -0.3 is 24.2 Å². The molecule has 2 fully saturated rings. The van der Waals surface area contributed by atoms with E-state index in [9.17, 15) is 14.4 Å². The van der Waals surface area contributed by atoms with Crippen LogP contribution < -0.4 is 10.2 Å². The summed E-state index contributed by atoms with van der Waals surface area (Å²) in [5, 5.41) is 3.08. The zero-order chi connectivity index (χ0) is 31.9. The summed E-state index contributed by atoms with van der Waals surface area (Å²) >= 11 is 0. The van der Waals surface area contributed by atoms with Crippen LogP contribution in [0.2, 0.25) is 0 Å². The summed E-state index contributed by atoms with van der Waals surface area (Å²) in [6, 6.07) is 13.6. The Morgan fingerprint density at radius 3 is 2.51 bits per heavy atom. The van der Waals surface area contributed by atoms with Crippen molar-refractivity contribution in [1.82, 2.24) is 24.3 Å². The number of benzene rings is 2. The van der Waals surface area contributed by atoms with Crippen LogP contribution in [0.4, 0.5) is 11.6 Å². The number of amides is 3. The normalized spacial score (nSPS) is 15.6. The highest BCUT2D eigenvalue weighted by Crippen LogP contribution is 2.30. The average molecular weight is 616 g/mol. The first-order valence-electron chi connectivity index (χ1n) is 16.5. The summed E-state index contributed by atoms with van der Waals surface area (Å²) < 4.78 is 2.02. The van der Waals surface area contributed by atoms with Gasteiger partial charge in [-0.1, -0.05) is 25.0 Å². The number of fused-ring (bicyclic) bond motifs is 1. The number of likely N-dealkylation sites (N-methyl/N-ethyl adjacent to an activating group) is 2. The molecule has 0 spiro atoms. The van der Waals surface area contributed by atoms with Crippen LogP contribution in [0.3, 0.4) is 0 Å². The van der Waals surface area contributed by atoms with Crippen molar-refractivity contribution in [1.29, 1.82) is 0 Å². The molecule has 45 heavy (non-hydrogen) atoms. The SMILES string of the molecule is CN(C)CCN(C)Cc1cccc(C(=O)Nc2nc3cc(N(C)C(=O)CC4CCCC4)ccc3n2CCCN2CCCC2=O)c1. The molecule has 0 radical (unpaired) electrons. The van der Waals surface area contributed by atoms with Crippen LogP contribution in [0.15, 0.2) is 42.5 Å². The second-order valence-electron chi connectivity index (χ2n) is 13.1. The molecule has 2 aliphatic rings. The van der Waals surface area contributed by atoms with Crippen molar-refractivity contribution < 1.29 is 14.4 Å². The second-order valence-corrected chi connectivity index (χ2v) is 13.1. The van der Waals surface area contributed by atoms with Crippen LogP contribution in [0, 0.1) is 5.92 Å². The van der Waals surface area contributed by atoms with E-state index < -0.39 is 0 Å². The number of aryl methyl sites for hydroxylation is 1. The van der Waals surface area contributed by atoms with Crippen molar-refractivity contribution in [2.24, 2.45) is 5.92 Å². The van der Waals surface area contributed by atoms with Gasteiger partial charge in [-0.2, -0.15) is 0 Å². The number of likely N-dealkylation sites (tertiary alicyclic amines) is 1. The van der Waals surface area contributed by atoms with Crippen molar-refractivity contribution >= 4 is 40.4 Å². The first kappa shape index (κ1) is 32.6. The van der Waals surface area contributed by atoms with Gasteiger partial charge in [-0.25, -0.2) is 4.98 Å². The molecule has 5 rings (SSSR count). The molecule has 2 aromatic carbocycles. The fraction of sp³-hybridized carbons (Fsp3) is 0.543. The maximum atomic E-state index is 13.6. The van der Waals surface area contributed by atoms with Crippen molar-refractivity contribution in [3.63, 3.8) is 0 Å². The van der Waals surface area contributed by atoms with Crippen molar-refractivity contribution in [2.75, 3.05) is 64.6 Å². The van der Waals surface area contributed by atoms with Gasteiger partial charge in [0.05, 0.1) is 11.0 Å². The predicted molar refractivity (Wildman–Crippen MR) is 179 cm³/mol. The minimum absolute atomic E-state index is 0.122. The number of aromatic nitrogens is 2. The lowest BCUT2D eigenvalue weighted by Gasteiger charge is -2.20. The van der Waals surface area contributed by atoms with E-state index in [2.05, 4.69) is 36.3 Å². The van der Waals surface area contributed by atoms with E-state index in [1.54, 1.807) is 4.90 Å². The topological polar surface area (TPSA) is 94.0 Å². The Morgan fingerprint density at radius 1 is 0.978 bits per heavy atom. The lowest BCUT2D eigenvalue weighted by molar-refractivity contribution is -0.127. The standard InChI is InChI=1S/C35H49N7O3/c1-38(2)20-21-39(3)25-27-12-7-13-28(22-27)34(45)37-35-36-30-24-29(40(4)33(44)23-26-10-5-6-11-26)15-16-31(30)42(35)19-9-18-41-17-8-14-32(41)43/h7,12-13,15-16,22,24,26H,5-6,8-11,14,17-21,23,25H2,1-4H3,(H,36,37,45). The molecule has 1 saturated heterocycles. The highest BCUT2D eigenvalue weighted by Gasteiger charge is 2.23. The first-order valence-corrected chi connectivity index (χ1v) is 16.5. The second kappa shape index (κ2) is 15.0. The Balaban J connectivity index is 1.34. The maximum Gasteiger partial charge on any atom is 0.257 e. The van der Waals surface area contributed by atoms with Crippen molar-refractivity contribution in [2.45, 2.75) is 64.5 Å². The zero-order valence-electron chi connectivity index (χ0n) is 27.4. The first-order chi connectivity index (χ1) is 21.7. The van der Waals surface area contributed by atoms with Gasteiger partial charge in [0.15, 0.2) is 0 Å². The summed E-state index contributed by atoms with van der Waals surface area (Å²) in [5.74, 6) is 1.05. The molecule has 1 aromatic heterocycles. The highest BCUT2D eigenvalue weighted by atomic mass is 16.2. The molecule has 3 amide bonds. The highest BCUT2D eigenvalue weighted by molar-refractivity contribution is 6.04. The third kappa shape index (κ3) is 8.49. The molecule has 2 heterocycles. The van der Waals surface area contributed by atoms with Gasteiger partial charge >= 0.3 is 0 Å². The summed E-state index contributed by atoms with van der Waals surface area (Å²) in [6.45, 7) is 4.72. The molecule has 10 nitrogen and oxygen atoms in total. The number of carbonyl (C=O) groups is 3. The van der Waals surface area contributed by atoms with Crippen molar-refractivity contribution in [3.8, 4) is 0 Å². The average Bonchev–Trinajstić information content (AvgIpc) is 3.76. The largest absolute Gasteiger partial charge is 0.343 e. The third-order valence-corrected chi connectivity index (χ3v) is 9.21. The third-order valence-electron chi connectivity index (χ3n) is 9.21. The smallest absolute Gasteiger partial charge is 0.257 e. The van der Waals surface area contributed by atoms with Gasteiger partial charge in [-0.15, -0.1) is 0 Å². The zero-order valence-corrected chi connectivity index (χ0v) is 27.4. The van der Waals surface area contributed by atoms with E-state index in [0.717, 1.165) is 74.1 Å². The molecule has 0 bridgehead atoms. The molecule has 3 aromatic rings. The van der Waals surface area contributed by atoms with E-state index in [-0.39, 0.29) is 17.7 Å². The molecular formula is C35H49N7O3. The van der Waals surface area contributed by atoms with E-state index in [0.29, 0.717) is 43.4 Å². The summed E-state index contributed by atoms with van der Waals surface area (Å²) in [7, 11) is 8.04. The fourth-order valence-corrected chi connectivity index (χ4v) is 6.50. The minimum atomic E-state index is -0.219. The Kier molecular flexibility index (Phi) is 10.9. The molecular weight excluding hydrogens is 566 g/mol. The number of imidazole rings is 1. The van der Waals surface area contributed by atoms with Gasteiger partial charge in [0.25, 0.3) is 5.91 Å².